The van der Waals surface area contributed by atoms with E-state index in [2.05, 4.69) is 13.8 Å². The maximum atomic E-state index is 12.5. The molecule has 0 saturated carbocycles. The third-order valence-electron chi connectivity index (χ3n) is 6.90. The normalized spacial score (nSPS) is 29.2. The van der Waals surface area contributed by atoms with Gasteiger partial charge in [-0.1, -0.05) is 19.8 Å². The lowest BCUT2D eigenvalue weighted by atomic mass is 9.95. The predicted octanol–water partition coefficient (Wildman–Crippen LogP) is 6.11. The molecule has 32 heavy (non-hydrogen) atoms. The van der Waals surface area contributed by atoms with E-state index in [9.17, 15) is 4.79 Å². The number of hydrogen-bond donors (Lipinski definition) is 0. The van der Waals surface area contributed by atoms with Gasteiger partial charge < -0.3 is 23.7 Å². The van der Waals surface area contributed by atoms with E-state index in [0.29, 0.717) is 30.1 Å². The molecule has 1 aromatic carbocycles. The van der Waals surface area contributed by atoms with Crippen LogP contribution in [0.3, 0.4) is 0 Å². The number of unbranched alkanes of at least 4 members (excludes halogenated alkanes) is 2. The Hall–Kier alpha value is -1.79. The Morgan fingerprint density at radius 3 is 2.69 bits per heavy atom. The highest BCUT2D eigenvalue weighted by Gasteiger charge is 2.43. The molecule has 178 valence electrons. The number of cyclic esters (lactones) is 1. The smallest absolute Gasteiger partial charge is 0.342 e. The molecule has 6 nitrogen and oxygen atoms in total. The average molecular weight is 447 g/mol. The number of carbonyl (C=O) groups excluding carboxylic acids is 1. The Kier molecular flexibility index (Phi) is 7.62. The lowest BCUT2D eigenvalue weighted by Gasteiger charge is -2.38. The average Bonchev–Trinajstić information content (AvgIpc) is 3.30. The van der Waals surface area contributed by atoms with E-state index in [0.717, 1.165) is 75.5 Å². The fourth-order valence-corrected chi connectivity index (χ4v) is 5.29. The van der Waals surface area contributed by atoms with Crippen molar-refractivity contribution in [2.24, 2.45) is 0 Å². The highest BCUT2D eigenvalue weighted by atomic mass is 16.7. The zero-order valence-corrected chi connectivity index (χ0v) is 19.8. The van der Waals surface area contributed by atoms with E-state index < -0.39 is 0 Å². The van der Waals surface area contributed by atoms with Crippen molar-refractivity contribution in [2.45, 2.75) is 109 Å². The van der Waals surface area contributed by atoms with E-state index in [1.54, 1.807) is 13.2 Å². The number of rotatable bonds is 10. The van der Waals surface area contributed by atoms with Crippen LogP contribution in [0, 0.1) is 0 Å². The summed E-state index contributed by atoms with van der Waals surface area (Å²) in [5.74, 6) is 0.668. The van der Waals surface area contributed by atoms with Crippen LogP contribution >= 0.6 is 0 Å². The Morgan fingerprint density at radius 2 is 1.94 bits per heavy atom. The molecule has 4 atom stereocenters. The highest BCUT2D eigenvalue weighted by molar-refractivity contribution is 5.97. The number of fused-ring (bicyclic) bond motifs is 1. The van der Waals surface area contributed by atoms with E-state index >= 15 is 0 Å². The Balaban J connectivity index is 1.26. The molecule has 1 spiro atoms. The summed E-state index contributed by atoms with van der Waals surface area (Å²) in [6.45, 7) is 4.85. The van der Waals surface area contributed by atoms with Crippen LogP contribution in [0.15, 0.2) is 12.1 Å². The minimum absolute atomic E-state index is 0.223. The topological polar surface area (TPSA) is 63.2 Å². The maximum absolute atomic E-state index is 12.5. The van der Waals surface area contributed by atoms with E-state index in [-0.39, 0.29) is 17.9 Å². The molecule has 0 radical (unpaired) electrons. The summed E-state index contributed by atoms with van der Waals surface area (Å²) >= 11 is 0. The Morgan fingerprint density at radius 1 is 1.09 bits per heavy atom. The molecule has 0 bridgehead atoms. The van der Waals surface area contributed by atoms with Gasteiger partial charge in [0.15, 0.2) is 5.79 Å². The number of hydrogen-bond acceptors (Lipinski definition) is 6. The third-order valence-corrected chi connectivity index (χ3v) is 6.90. The highest BCUT2D eigenvalue weighted by Crippen LogP contribution is 2.43. The van der Waals surface area contributed by atoms with Crippen LogP contribution in [-0.2, 0) is 14.2 Å². The molecule has 0 N–H and O–H groups in total. The van der Waals surface area contributed by atoms with Crippen LogP contribution in [-0.4, -0.2) is 37.7 Å². The van der Waals surface area contributed by atoms with Crippen LogP contribution in [0.25, 0.3) is 0 Å². The van der Waals surface area contributed by atoms with Gasteiger partial charge in [0.1, 0.15) is 23.2 Å². The fourth-order valence-electron chi connectivity index (χ4n) is 5.29. The molecule has 2 saturated heterocycles. The summed E-state index contributed by atoms with van der Waals surface area (Å²) in [7, 11) is 1.58. The maximum Gasteiger partial charge on any atom is 0.342 e. The van der Waals surface area contributed by atoms with E-state index in [4.69, 9.17) is 23.7 Å². The monoisotopic (exact) mass is 446 g/mol. The summed E-state index contributed by atoms with van der Waals surface area (Å²) in [4.78, 5) is 12.5. The number of esters is 1. The molecule has 4 rings (SSSR count). The van der Waals surface area contributed by atoms with Crippen molar-refractivity contribution in [3.05, 3.63) is 23.3 Å². The molecule has 2 fully saturated rings. The second-order valence-electron chi connectivity index (χ2n) is 9.48. The summed E-state index contributed by atoms with van der Waals surface area (Å²) < 4.78 is 29.4. The fraction of sp³-hybridized carbons (Fsp3) is 0.731. The molecule has 0 aliphatic carbocycles. The van der Waals surface area contributed by atoms with Gasteiger partial charge in [-0.25, -0.2) is 4.79 Å². The lowest BCUT2D eigenvalue weighted by Crippen LogP contribution is -2.40. The van der Waals surface area contributed by atoms with Crippen molar-refractivity contribution in [3.63, 3.8) is 0 Å². The molecule has 4 unspecified atom stereocenters. The van der Waals surface area contributed by atoms with Gasteiger partial charge in [0, 0.05) is 24.5 Å². The van der Waals surface area contributed by atoms with Gasteiger partial charge in [-0.05, 0) is 57.9 Å². The van der Waals surface area contributed by atoms with Crippen LogP contribution in [0.1, 0.15) is 107 Å². The van der Waals surface area contributed by atoms with Gasteiger partial charge in [-0.2, -0.15) is 0 Å². The first kappa shape index (κ1) is 23.4. The van der Waals surface area contributed by atoms with Crippen molar-refractivity contribution in [1.29, 1.82) is 0 Å². The quantitative estimate of drug-likeness (QED) is 0.319. The second-order valence-corrected chi connectivity index (χ2v) is 9.48. The number of benzene rings is 1. The molecule has 6 heteroatoms. The van der Waals surface area contributed by atoms with Gasteiger partial charge in [0.2, 0.25) is 0 Å². The summed E-state index contributed by atoms with van der Waals surface area (Å²) in [5.41, 5.74) is 1.44. The van der Waals surface area contributed by atoms with Gasteiger partial charge in [-0.15, -0.1) is 0 Å². The molecule has 3 heterocycles. The second kappa shape index (κ2) is 10.4. The van der Waals surface area contributed by atoms with Crippen molar-refractivity contribution < 1.29 is 28.5 Å². The SMILES string of the molecule is CCCOc1cc(OC)c2c(c1)C(CCCCCC1CCCC3(CCC(C)O3)O1)OC2=O. The van der Waals surface area contributed by atoms with Gasteiger partial charge in [0.05, 0.1) is 25.9 Å². The molecule has 0 aromatic heterocycles. The zero-order valence-electron chi connectivity index (χ0n) is 19.8. The Labute approximate surface area is 191 Å². The minimum atomic E-state index is -0.305. The molecule has 3 aliphatic heterocycles. The summed E-state index contributed by atoms with van der Waals surface area (Å²) in [6.07, 6.45) is 11.9. The Bertz CT molecular complexity index is 789. The predicted molar refractivity (Wildman–Crippen MR) is 121 cm³/mol. The number of carbonyl (C=O) groups is 1. The number of ether oxygens (including phenoxy) is 5. The molecule has 3 aliphatic rings. The molecule has 1 aromatic rings. The van der Waals surface area contributed by atoms with Crippen molar-refractivity contribution in [1.82, 2.24) is 0 Å². The van der Waals surface area contributed by atoms with Crippen LogP contribution in [0.5, 0.6) is 11.5 Å². The third kappa shape index (κ3) is 5.23. The lowest BCUT2D eigenvalue weighted by molar-refractivity contribution is -0.269. The van der Waals surface area contributed by atoms with Gasteiger partial charge >= 0.3 is 5.97 Å². The zero-order chi connectivity index (χ0) is 22.6. The summed E-state index contributed by atoms with van der Waals surface area (Å²) in [6, 6.07) is 3.73. The first-order valence-corrected chi connectivity index (χ1v) is 12.4. The van der Waals surface area contributed by atoms with Crippen LogP contribution in [0.2, 0.25) is 0 Å². The number of methoxy groups -OCH3 is 1. The van der Waals surface area contributed by atoms with Gasteiger partial charge in [-0.3, -0.25) is 0 Å². The van der Waals surface area contributed by atoms with Crippen LogP contribution < -0.4 is 9.47 Å². The van der Waals surface area contributed by atoms with Crippen molar-refractivity contribution in [2.75, 3.05) is 13.7 Å². The van der Waals surface area contributed by atoms with Crippen molar-refractivity contribution in [3.8, 4) is 11.5 Å². The first-order chi connectivity index (χ1) is 15.5. The van der Waals surface area contributed by atoms with Gasteiger partial charge in [0.25, 0.3) is 0 Å². The molecular formula is C26H38O6. The standard InChI is InChI=1S/C26H38O6/c1-4-15-29-20-16-21-22(30-25(27)24(21)23(17-20)28-3)11-7-5-6-9-19-10-8-13-26(32-19)14-12-18(2)31-26/h16-19,22H,4-15H2,1-3H3. The van der Waals surface area contributed by atoms with E-state index in [1.807, 2.05) is 6.07 Å². The minimum Gasteiger partial charge on any atom is -0.496 e. The molecular weight excluding hydrogens is 408 g/mol. The van der Waals surface area contributed by atoms with Crippen molar-refractivity contribution >= 4 is 5.97 Å². The first-order valence-electron chi connectivity index (χ1n) is 12.4. The summed E-state index contributed by atoms with van der Waals surface area (Å²) in [5, 5.41) is 0. The van der Waals surface area contributed by atoms with Crippen LogP contribution in [0.4, 0.5) is 0 Å². The molecule has 0 amide bonds. The van der Waals surface area contributed by atoms with E-state index in [1.165, 1.54) is 6.42 Å². The largest absolute Gasteiger partial charge is 0.496 e.